The van der Waals surface area contributed by atoms with Crippen molar-refractivity contribution in [3.8, 4) is 0 Å². The van der Waals surface area contributed by atoms with Crippen LogP contribution in [0.5, 0.6) is 0 Å². The van der Waals surface area contributed by atoms with Crippen molar-refractivity contribution in [2.75, 3.05) is 46.0 Å². The van der Waals surface area contributed by atoms with Gasteiger partial charge in [0.25, 0.3) is 0 Å². The Morgan fingerprint density at radius 2 is 0.969 bits per heavy atom. The van der Waals surface area contributed by atoms with Crippen molar-refractivity contribution in [3.05, 3.63) is 0 Å². The molecule has 7 atom stereocenters. The molecule has 0 aliphatic carbocycles. The molecule has 0 bridgehead atoms. The first-order valence-corrected chi connectivity index (χ1v) is 40.2. The lowest BCUT2D eigenvalue weighted by atomic mass is 9.93. The van der Waals surface area contributed by atoms with Crippen molar-refractivity contribution in [2.45, 2.75) is 344 Å². The maximum Gasteiger partial charge on any atom is 0.130 e. The molecule has 9 aliphatic rings. The molecule has 0 aromatic heterocycles. The Morgan fingerprint density at radius 1 is 0.418 bits per heavy atom. The molecule has 0 radical (unpaired) electrons. The van der Waals surface area contributed by atoms with Gasteiger partial charge in [-0.15, -0.1) is 0 Å². The fraction of sp³-hybridized carbons (Fsp3) is 0.887. The Morgan fingerprint density at radius 3 is 1.23 bits per heavy atom. The van der Waals surface area contributed by atoms with E-state index in [1.807, 2.05) is 162 Å². The second-order valence-corrected chi connectivity index (χ2v) is 25.0. The number of hydrogen-bond acceptors (Lipinski definition) is 18. The number of hydrazone groups is 4. The van der Waals surface area contributed by atoms with Crippen LogP contribution >= 0.6 is 0 Å². The molecule has 0 fully saturated rings. The topological polar surface area (TPSA) is 208 Å². The monoisotopic (exact) mass is 1400 g/mol. The minimum absolute atomic E-state index is 0.356. The van der Waals surface area contributed by atoms with E-state index in [1.54, 1.807) is 6.34 Å². The van der Waals surface area contributed by atoms with Gasteiger partial charge in [-0.25, -0.2) is 0 Å². The van der Waals surface area contributed by atoms with Crippen molar-refractivity contribution in [1.29, 1.82) is 0 Å². The summed E-state index contributed by atoms with van der Waals surface area (Å²) in [6.07, 6.45) is 27.5. The highest BCUT2D eigenvalue weighted by Gasteiger charge is 2.19. The summed E-state index contributed by atoms with van der Waals surface area (Å²) in [5.41, 5.74) is 14.5. The normalized spacial score (nSPS) is 20.8. The second kappa shape index (κ2) is 88.3. The average molecular weight is 1400 g/mol. The van der Waals surface area contributed by atoms with Gasteiger partial charge in [0.1, 0.15) is 25.9 Å². The number of rotatable bonds is 9. The average Bonchev–Trinajstić information content (AvgIpc) is 4.46. The highest BCUT2D eigenvalue weighted by Crippen LogP contribution is 2.19. The summed E-state index contributed by atoms with van der Waals surface area (Å²) >= 11 is 0. The van der Waals surface area contributed by atoms with Crippen molar-refractivity contribution in [2.24, 2.45) is 123 Å². The van der Waals surface area contributed by atoms with Gasteiger partial charge in [-0.1, -0.05) is 270 Å². The van der Waals surface area contributed by atoms with Gasteiger partial charge in [-0.05, 0) is 136 Å². The summed E-state index contributed by atoms with van der Waals surface area (Å²) in [7, 11) is 0. The van der Waals surface area contributed by atoms with E-state index in [0.717, 1.165) is 121 Å². The third kappa shape index (κ3) is 71.1. The molecular formula is C80H174N14O4. The van der Waals surface area contributed by atoms with Gasteiger partial charge in [0, 0.05) is 92.5 Å². The molecular weight excluding hydrogens is 1220 g/mol. The molecule has 98 heavy (non-hydrogen) atoms. The largest absolute Gasteiger partial charge is 0.396 e. The van der Waals surface area contributed by atoms with Crippen LogP contribution in [0, 0.1) is 76.9 Å². The van der Waals surface area contributed by atoms with Crippen LogP contribution in [-0.2, 0) is 19.4 Å². The first kappa shape index (κ1) is 112. The minimum Gasteiger partial charge on any atom is -0.396 e. The maximum atomic E-state index is 5.11. The van der Waals surface area contributed by atoms with Gasteiger partial charge in [0.05, 0.1) is 18.6 Å². The molecule has 0 aromatic rings. The zero-order valence-corrected chi connectivity index (χ0v) is 71.9. The molecule has 0 amide bonds. The van der Waals surface area contributed by atoms with Crippen molar-refractivity contribution >= 4 is 55.0 Å². The Balaban J connectivity index is -0.000000126. The first-order chi connectivity index (χ1) is 47.2. The van der Waals surface area contributed by atoms with Gasteiger partial charge in [0.15, 0.2) is 0 Å². The molecule has 9 heterocycles. The van der Waals surface area contributed by atoms with Crippen LogP contribution < -0.4 is 27.0 Å². The highest BCUT2D eigenvalue weighted by atomic mass is 16.6. The van der Waals surface area contributed by atoms with Gasteiger partial charge in [-0.3, -0.25) is 4.99 Å². The second-order valence-electron chi connectivity index (χ2n) is 25.0. The number of nitrogens with zero attached hydrogens (tertiary/aromatic N) is 9. The highest BCUT2D eigenvalue weighted by molar-refractivity contribution is 5.86. The van der Waals surface area contributed by atoms with E-state index in [1.165, 1.54) is 37.1 Å². The quantitative estimate of drug-likeness (QED) is 0.149. The number of oxime groups is 4. The lowest BCUT2D eigenvalue weighted by molar-refractivity contribution is 0.0146. The summed E-state index contributed by atoms with van der Waals surface area (Å²) in [4.78, 5) is 23.8. The predicted molar refractivity (Wildman–Crippen MR) is 445 cm³/mol. The molecule has 5 N–H and O–H groups in total. The van der Waals surface area contributed by atoms with Crippen LogP contribution in [0.3, 0.4) is 0 Å². The molecule has 9 aliphatic heterocycles. The molecule has 588 valence electrons. The summed E-state index contributed by atoms with van der Waals surface area (Å²) in [6, 6.07) is 1.20. The lowest BCUT2D eigenvalue weighted by Crippen LogP contribution is -2.32. The summed E-state index contributed by atoms with van der Waals surface area (Å²) in [5, 5.41) is 34.4. The summed E-state index contributed by atoms with van der Waals surface area (Å²) < 4.78 is 0. The molecule has 0 saturated heterocycles. The van der Waals surface area contributed by atoms with E-state index in [4.69, 9.17) is 19.4 Å². The van der Waals surface area contributed by atoms with Crippen molar-refractivity contribution < 1.29 is 19.4 Å². The summed E-state index contributed by atoms with van der Waals surface area (Å²) in [5.74, 6) is 8.97. The Hall–Kier alpha value is -4.77. The third-order valence-corrected chi connectivity index (χ3v) is 15.2. The van der Waals surface area contributed by atoms with E-state index in [2.05, 4.69) is 198 Å². The Kier molecular flexibility index (Phi) is 101. The van der Waals surface area contributed by atoms with Crippen molar-refractivity contribution in [3.63, 3.8) is 0 Å². The molecule has 0 spiro atoms. The number of hydrogen-bond donors (Lipinski definition) is 5. The van der Waals surface area contributed by atoms with Crippen LogP contribution in [-0.4, -0.2) is 119 Å². The van der Waals surface area contributed by atoms with Gasteiger partial charge in [0.2, 0.25) is 0 Å². The van der Waals surface area contributed by atoms with E-state index in [9.17, 15) is 0 Å². The first-order valence-electron chi connectivity index (χ1n) is 40.2. The standard InChI is InChI=1S/4C7H14N2.4C7H13NO.C6H12N2.9C2H6/c2*1-6(2)7-3-4-8-9-5-7;2*1-6(2)7-4-3-5-8-9-7;1-6(2)7-3-4-9-8-5-7;1-6(2)7-3-4-8-9-5-7;1-6(2)7-4-3-5-9-8-7;1-6(2)7-4-3-5-8-9-7;1-5(2)6-3-7-4-8-6;9*1-2/h5-8H,3-4H2,1-2H3;4,6-7,9H,3,5H2,1-2H3;6,8H,3-5H2,1-2H3;5-7,9H,3-4H2,1-2H3;5-7H,3-4H2,1-2H3;4,6-7H,3,5H2,1-2H3;6H,3-5H2,1-2H3;5-7H,3-4H2,1-2H3;4-6H,3H2,1-2H3,(H,7,8);9*1-2H3. The van der Waals surface area contributed by atoms with Crippen LogP contribution in [0.4, 0.5) is 0 Å². The van der Waals surface area contributed by atoms with E-state index >= 15 is 0 Å². The third-order valence-electron chi connectivity index (χ3n) is 15.2. The van der Waals surface area contributed by atoms with E-state index < -0.39 is 0 Å². The lowest BCUT2D eigenvalue weighted by Gasteiger charge is -2.22. The number of nitrogens with one attached hydrogen (secondary N) is 5. The molecule has 0 saturated carbocycles. The van der Waals surface area contributed by atoms with E-state index in [0.29, 0.717) is 71.4 Å². The van der Waals surface area contributed by atoms with Crippen LogP contribution in [0.15, 0.2) is 46.0 Å². The smallest absolute Gasteiger partial charge is 0.130 e. The van der Waals surface area contributed by atoms with Crippen molar-refractivity contribution in [1.82, 2.24) is 27.0 Å². The molecule has 18 nitrogen and oxygen atoms in total. The zero-order valence-electron chi connectivity index (χ0n) is 71.9. The SMILES string of the molecule is CC.CC.CC.CC.CC.CC.CC.CC.CC.CC(C)C1=NNCCC1.CC(C)C1=NOCCC1.CC(C)C1C=NNCC1.CC(C)C1C=NOCC1.CC(C)C1CC=NNC1.CC(C)C1CC=NOC1.CC(C)C1CCC=NN1.CC(C)C1CCC=NO1.CC(C)C1CN=CN1. The Bertz CT molecular complexity index is 1620. The van der Waals surface area contributed by atoms with Gasteiger partial charge >= 0.3 is 0 Å². The minimum atomic E-state index is 0.356. The molecule has 0 aromatic carbocycles. The molecule has 9 rings (SSSR count). The Labute approximate surface area is 612 Å². The molecule has 18 heteroatoms. The maximum absolute atomic E-state index is 5.11. The van der Waals surface area contributed by atoms with Crippen LogP contribution in [0.25, 0.3) is 0 Å². The predicted octanol–water partition coefficient (Wildman–Crippen LogP) is 22.1. The van der Waals surface area contributed by atoms with Gasteiger partial charge in [-0.2, -0.15) is 20.4 Å². The summed E-state index contributed by atoms with van der Waals surface area (Å²) in [6.45, 7) is 82.2. The van der Waals surface area contributed by atoms with Gasteiger partial charge < -0.3 is 46.4 Å². The molecule has 7 unspecified atom stereocenters. The number of aliphatic imine (C=N–C) groups is 1. The van der Waals surface area contributed by atoms with Crippen LogP contribution in [0.1, 0.15) is 326 Å². The van der Waals surface area contributed by atoms with E-state index in [-0.39, 0.29) is 0 Å². The zero-order chi connectivity index (χ0) is 77.5. The fourth-order valence-electron chi connectivity index (χ4n) is 8.45. The van der Waals surface area contributed by atoms with Crippen LogP contribution in [0.2, 0.25) is 0 Å². The fourth-order valence-corrected chi connectivity index (χ4v) is 8.45.